The van der Waals surface area contributed by atoms with Gasteiger partial charge in [0, 0.05) is 15.8 Å². The van der Waals surface area contributed by atoms with Crippen molar-refractivity contribution in [2.45, 2.75) is 51.5 Å². The summed E-state index contributed by atoms with van der Waals surface area (Å²) in [7, 11) is 0. The SMILES string of the molecule is CC(C)(C)c1ccc(C(N)C2CCc3ccccc3C2)s1. The second-order valence-electron chi connectivity index (χ2n) is 7.25. The van der Waals surface area contributed by atoms with E-state index >= 15 is 0 Å². The summed E-state index contributed by atoms with van der Waals surface area (Å²) < 4.78 is 0. The van der Waals surface area contributed by atoms with Crippen molar-refractivity contribution >= 4 is 11.3 Å². The molecular weight excluding hydrogens is 274 g/mol. The molecule has 0 spiro atoms. The van der Waals surface area contributed by atoms with Crippen LogP contribution in [0, 0.1) is 5.92 Å². The molecule has 0 amide bonds. The van der Waals surface area contributed by atoms with Gasteiger partial charge in [0.1, 0.15) is 0 Å². The average Bonchev–Trinajstić information content (AvgIpc) is 2.96. The van der Waals surface area contributed by atoms with E-state index in [1.54, 1.807) is 0 Å². The average molecular weight is 299 g/mol. The van der Waals surface area contributed by atoms with Gasteiger partial charge in [0.15, 0.2) is 0 Å². The van der Waals surface area contributed by atoms with Crippen LogP contribution in [0.5, 0.6) is 0 Å². The smallest absolute Gasteiger partial charge is 0.0421 e. The maximum Gasteiger partial charge on any atom is 0.0421 e. The van der Waals surface area contributed by atoms with Gasteiger partial charge in [0.2, 0.25) is 0 Å². The zero-order valence-corrected chi connectivity index (χ0v) is 14.0. The highest BCUT2D eigenvalue weighted by Crippen LogP contribution is 2.37. The topological polar surface area (TPSA) is 26.0 Å². The van der Waals surface area contributed by atoms with Gasteiger partial charge in [-0.2, -0.15) is 0 Å². The van der Waals surface area contributed by atoms with E-state index < -0.39 is 0 Å². The minimum Gasteiger partial charge on any atom is -0.323 e. The van der Waals surface area contributed by atoms with Gasteiger partial charge in [-0.25, -0.2) is 0 Å². The summed E-state index contributed by atoms with van der Waals surface area (Å²) in [5.41, 5.74) is 9.83. The lowest BCUT2D eigenvalue weighted by atomic mass is 9.80. The summed E-state index contributed by atoms with van der Waals surface area (Å²) >= 11 is 1.90. The predicted molar refractivity (Wildman–Crippen MR) is 91.9 cm³/mol. The van der Waals surface area contributed by atoms with Crippen LogP contribution in [0.25, 0.3) is 0 Å². The van der Waals surface area contributed by atoms with Gasteiger partial charge in [-0.15, -0.1) is 11.3 Å². The Kier molecular flexibility index (Phi) is 3.94. The molecule has 1 aromatic heterocycles. The maximum atomic E-state index is 6.59. The number of hydrogen-bond acceptors (Lipinski definition) is 2. The van der Waals surface area contributed by atoms with Gasteiger partial charge >= 0.3 is 0 Å². The molecule has 0 radical (unpaired) electrons. The molecule has 2 unspecified atom stereocenters. The number of hydrogen-bond donors (Lipinski definition) is 1. The fraction of sp³-hybridized carbons (Fsp3) is 0.474. The zero-order chi connectivity index (χ0) is 15.0. The lowest BCUT2D eigenvalue weighted by molar-refractivity contribution is 0.386. The number of thiophene rings is 1. The van der Waals surface area contributed by atoms with E-state index in [1.807, 2.05) is 11.3 Å². The van der Waals surface area contributed by atoms with Crippen molar-refractivity contribution in [1.82, 2.24) is 0 Å². The molecule has 1 heterocycles. The Balaban J connectivity index is 1.77. The van der Waals surface area contributed by atoms with E-state index in [0.717, 1.165) is 6.42 Å². The van der Waals surface area contributed by atoms with Gasteiger partial charge < -0.3 is 5.73 Å². The van der Waals surface area contributed by atoms with Crippen molar-refractivity contribution in [2.75, 3.05) is 0 Å². The molecule has 0 fully saturated rings. The quantitative estimate of drug-likeness (QED) is 0.842. The first kappa shape index (κ1) is 14.8. The summed E-state index contributed by atoms with van der Waals surface area (Å²) in [5.74, 6) is 0.575. The molecule has 112 valence electrons. The summed E-state index contributed by atoms with van der Waals surface area (Å²) in [5, 5.41) is 0. The Morgan fingerprint density at radius 2 is 1.81 bits per heavy atom. The molecule has 0 aliphatic heterocycles. The molecular formula is C19H25NS. The van der Waals surface area contributed by atoms with Crippen molar-refractivity contribution in [3.8, 4) is 0 Å². The van der Waals surface area contributed by atoms with E-state index in [-0.39, 0.29) is 11.5 Å². The summed E-state index contributed by atoms with van der Waals surface area (Å²) in [6.45, 7) is 6.81. The van der Waals surface area contributed by atoms with Crippen LogP contribution in [0.15, 0.2) is 36.4 Å². The molecule has 3 rings (SSSR count). The highest BCUT2D eigenvalue weighted by Gasteiger charge is 2.26. The Hall–Kier alpha value is -1.12. The third kappa shape index (κ3) is 3.07. The molecule has 2 heteroatoms. The van der Waals surface area contributed by atoms with Crippen LogP contribution in [0.1, 0.15) is 54.1 Å². The monoisotopic (exact) mass is 299 g/mol. The third-order valence-electron chi connectivity index (χ3n) is 4.59. The molecule has 0 saturated carbocycles. The van der Waals surface area contributed by atoms with Crippen molar-refractivity contribution in [3.05, 3.63) is 57.3 Å². The zero-order valence-electron chi connectivity index (χ0n) is 13.2. The molecule has 1 aliphatic rings. The first-order valence-corrected chi connectivity index (χ1v) is 8.69. The van der Waals surface area contributed by atoms with Crippen LogP contribution >= 0.6 is 11.3 Å². The van der Waals surface area contributed by atoms with Gasteiger partial charge in [-0.05, 0) is 53.9 Å². The second-order valence-corrected chi connectivity index (χ2v) is 8.36. The molecule has 0 saturated heterocycles. The van der Waals surface area contributed by atoms with E-state index in [0.29, 0.717) is 5.92 Å². The lowest BCUT2D eigenvalue weighted by Crippen LogP contribution is -2.26. The molecule has 0 bridgehead atoms. The van der Waals surface area contributed by atoms with E-state index in [1.165, 1.54) is 33.7 Å². The van der Waals surface area contributed by atoms with Gasteiger partial charge in [0.25, 0.3) is 0 Å². The minimum absolute atomic E-state index is 0.180. The Labute approximate surface area is 132 Å². The van der Waals surface area contributed by atoms with E-state index in [9.17, 15) is 0 Å². The molecule has 2 aromatic rings. The second kappa shape index (κ2) is 5.58. The van der Waals surface area contributed by atoms with Crippen molar-refractivity contribution in [3.63, 3.8) is 0 Å². The summed E-state index contributed by atoms with van der Waals surface area (Å²) in [4.78, 5) is 2.79. The predicted octanol–water partition coefficient (Wildman–Crippen LogP) is 4.85. The summed E-state index contributed by atoms with van der Waals surface area (Å²) in [6, 6.07) is 13.5. The molecule has 21 heavy (non-hydrogen) atoms. The Morgan fingerprint density at radius 1 is 1.10 bits per heavy atom. The normalized spacial score (nSPS) is 20.1. The van der Waals surface area contributed by atoms with Crippen LogP contribution in [-0.4, -0.2) is 0 Å². The number of nitrogens with two attached hydrogens (primary N) is 1. The van der Waals surface area contributed by atoms with Gasteiger partial charge in [-0.1, -0.05) is 45.0 Å². The lowest BCUT2D eigenvalue weighted by Gasteiger charge is -2.29. The maximum absolute atomic E-state index is 6.59. The number of aryl methyl sites for hydroxylation is 1. The van der Waals surface area contributed by atoms with Crippen molar-refractivity contribution < 1.29 is 0 Å². The fourth-order valence-electron chi connectivity index (χ4n) is 3.20. The fourth-order valence-corrected chi connectivity index (χ4v) is 4.36. The molecule has 1 aliphatic carbocycles. The molecule has 1 nitrogen and oxygen atoms in total. The van der Waals surface area contributed by atoms with Crippen molar-refractivity contribution in [2.24, 2.45) is 11.7 Å². The number of rotatable bonds is 2. The Morgan fingerprint density at radius 3 is 2.48 bits per heavy atom. The first-order valence-electron chi connectivity index (χ1n) is 7.88. The summed E-state index contributed by atoms with van der Waals surface area (Å²) in [6.07, 6.45) is 3.51. The first-order chi connectivity index (χ1) is 9.95. The third-order valence-corrected chi connectivity index (χ3v) is 6.20. The largest absolute Gasteiger partial charge is 0.323 e. The van der Waals surface area contributed by atoms with Gasteiger partial charge in [-0.3, -0.25) is 0 Å². The van der Waals surface area contributed by atoms with E-state index in [4.69, 9.17) is 5.73 Å². The molecule has 2 atom stereocenters. The van der Waals surface area contributed by atoms with Crippen LogP contribution in [-0.2, 0) is 18.3 Å². The van der Waals surface area contributed by atoms with E-state index in [2.05, 4.69) is 57.2 Å². The number of benzene rings is 1. The minimum atomic E-state index is 0.180. The molecule has 1 aromatic carbocycles. The van der Waals surface area contributed by atoms with Crippen LogP contribution in [0.3, 0.4) is 0 Å². The van der Waals surface area contributed by atoms with Crippen LogP contribution < -0.4 is 5.73 Å². The molecule has 2 N–H and O–H groups in total. The van der Waals surface area contributed by atoms with Crippen LogP contribution in [0.2, 0.25) is 0 Å². The highest BCUT2D eigenvalue weighted by atomic mass is 32.1. The van der Waals surface area contributed by atoms with Gasteiger partial charge in [0.05, 0.1) is 0 Å². The Bertz CT molecular complexity index is 620. The van der Waals surface area contributed by atoms with Crippen LogP contribution in [0.4, 0.5) is 0 Å². The standard InChI is InChI=1S/C19H25NS/c1-19(2,3)17-11-10-16(21-17)18(20)15-9-8-13-6-4-5-7-14(13)12-15/h4-7,10-11,15,18H,8-9,12,20H2,1-3H3. The van der Waals surface area contributed by atoms with Crippen molar-refractivity contribution in [1.29, 1.82) is 0 Å². The number of fused-ring (bicyclic) bond motifs is 1. The highest BCUT2D eigenvalue weighted by molar-refractivity contribution is 7.12.